The third-order valence-corrected chi connectivity index (χ3v) is 5.16. The minimum Gasteiger partial charge on any atom is -0.466 e. The molecule has 128 valence electrons. The predicted octanol–water partition coefficient (Wildman–Crippen LogP) is 2.06. The first-order valence-electron chi connectivity index (χ1n) is 8.76. The van der Waals surface area contributed by atoms with E-state index in [0.29, 0.717) is 23.8 Å². The average Bonchev–Trinajstić information content (AvgIpc) is 3.15. The molecule has 0 bridgehead atoms. The zero-order chi connectivity index (χ0) is 16.4. The van der Waals surface area contributed by atoms with E-state index < -0.39 is 0 Å². The first kappa shape index (κ1) is 16.5. The molecule has 1 aromatic heterocycles. The maximum absolute atomic E-state index is 12.8. The molecule has 0 radical (unpaired) electrons. The summed E-state index contributed by atoms with van der Waals surface area (Å²) in [4.78, 5) is 17.3. The van der Waals surface area contributed by atoms with Crippen LogP contribution in [-0.4, -0.2) is 60.1 Å². The second-order valence-corrected chi connectivity index (χ2v) is 7.20. The Kier molecular flexibility index (Phi) is 5.07. The summed E-state index contributed by atoms with van der Waals surface area (Å²) in [6.45, 7) is 8.70. The van der Waals surface area contributed by atoms with Crippen LogP contribution < -0.4 is 0 Å². The molecule has 23 heavy (non-hydrogen) atoms. The highest BCUT2D eigenvalue weighted by Crippen LogP contribution is 2.26. The summed E-state index contributed by atoms with van der Waals surface area (Å²) in [5.41, 5.74) is 0.668. The van der Waals surface area contributed by atoms with Crippen molar-refractivity contribution in [3.63, 3.8) is 0 Å². The molecule has 2 saturated heterocycles. The smallest absolute Gasteiger partial charge is 0.257 e. The normalized spacial score (nSPS) is 26.0. The zero-order valence-electron chi connectivity index (χ0n) is 14.3. The monoisotopic (exact) mass is 320 g/mol. The average molecular weight is 320 g/mol. The van der Waals surface area contributed by atoms with Gasteiger partial charge in [-0.1, -0.05) is 0 Å². The van der Waals surface area contributed by atoms with Gasteiger partial charge in [0.1, 0.15) is 11.5 Å². The SMILES string of the molecule is Cc1cc(C(=O)N2C[C@@H](CN3CCCC3)C[C@H](CO)C2)c(C)o1. The number of likely N-dealkylation sites (tertiary alicyclic amines) is 2. The molecule has 0 saturated carbocycles. The number of amides is 1. The largest absolute Gasteiger partial charge is 0.466 e. The van der Waals surface area contributed by atoms with E-state index in [0.717, 1.165) is 25.3 Å². The van der Waals surface area contributed by atoms with E-state index in [9.17, 15) is 9.90 Å². The number of carbonyl (C=O) groups is 1. The van der Waals surface area contributed by atoms with Crippen LogP contribution in [0, 0.1) is 25.7 Å². The van der Waals surface area contributed by atoms with E-state index >= 15 is 0 Å². The maximum Gasteiger partial charge on any atom is 0.257 e. The van der Waals surface area contributed by atoms with Gasteiger partial charge in [-0.3, -0.25) is 4.79 Å². The Morgan fingerprint density at radius 3 is 2.57 bits per heavy atom. The number of hydrogen-bond donors (Lipinski definition) is 1. The van der Waals surface area contributed by atoms with Crippen molar-refractivity contribution in [3.8, 4) is 0 Å². The predicted molar refractivity (Wildman–Crippen MR) is 88.4 cm³/mol. The van der Waals surface area contributed by atoms with Gasteiger partial charge in [0.05, 0.1) is 5.56 Å². The molecule has 2 aliphatic rings. The van der Waals surface area contributed by atoms with Crippen molar-refractivity contribution in [2.24, 2.45) is 11.8 Å². The van der Waals surface area contributed by atoms with Gasteiger partial charge in [0, 0.05) is 26.2 Å². The van der Waals surface area contributed by atoms with E-state index in [4.69, 9.17) is 4.42 Å². The van der Waals surface area contributed by atoms with E-state index in [1.165, 1.54) is 25.9 Å². The molecule has 3 heterocycles. The quantitative estimate of drug-likeness (QED) is 0.922. The summed E-state index contributed by atoms with van der Waals surface area (Å²) in [7, 11) is 0. The molecule has 2 fully saturated rings. The van der Waals surface area contributed by atoms with E-state index in [1.807, 2.05) is 24.8 Å². The maximum atomic E-state index is 12.8. The number of rotatable bonds is 4. The van der Waals surface area contributed by atoms with Gasteiger partial charge in [0.15, 0.2) is 0 Å². The highest BCUT2D eigenvalue weighted by molar-refractivity contribution is 5.95. The molecule has 1 amide bonds. The molecule has 1 N–H and O–H groups in total. The van der Waals surface area contributed by atoms with Crippen LogP contribution in [0.4, 0.5) is 0 Å². The minimum absolute atomic E-state index is 0.0453. The van der Waals surface area contributed by atoms with Gasteiger partial charge in [0.2, 0.25) is 0 Å². The van der Waals surface area contributed by atoms with Crippen LogP contribution in [0.2, 0.25) is 0 Å². The lowest BCUT2D eigenvalue weighted by Gasteiger charge is -2.38. The van der Waals surface area contributed by atoms with E-state index in [-0.39, 0.29) is 18.4 Å². The van der Waals surface area contributed by atoms with Crippen LogP contribution >= 0.6 is 0 Å². The molecule has 2 atom stereocenters. The molecule has 3 rings (SSSR count). The van der Waals surface area contributed by atoms with Crippen molar-refractivity contribution >= 4 is 5.91 Å². The standard InChI is InChI=1S/C18H28N2O3/c1-13-7-17(14(2)23-13)18(22)20-10-15(8-16(11-20)12-21)9-19-5-3-4-6-19/h7,15-16,21H,3-6,8-12H2,1-2H3/t15-,16+/m1/s1. The van der Waals surface area contributed by atoms with Gasteiger partial charge < -0.3 is 19.3 Å². The van der Waals surface area contributed by atoms with Gasteiger partial charge in [-0.15, -0.1) is 0 Å². The third kappa shape index (κ3) is 3.78. The summed E-state index contributed by atoms with van der Waals surface area (Å²) >= 11 is 0. The number of aliphatic hydroxyl groups excluding tert-OH is 1. The van der Waals surface area contributed by atoms with Crippen molar-refractivity contribution in [2.75, 3.05) is 39.3 Å². The van der Waals surface area contributed by atoms with Crippen molar-refractivity contribution in [2.45, 2.75) is 33.1 Å². The number of carbonyl (C=O) groups excluding carboxylic acids is 1. The molecule has 0 aromatic carbocycles. The van der Waals surface area contributed by atoms with Gasteiger partial charge in [-0.05, 0) is 64.1 Å². The topological polar surface area (TPSA) is 56.9 Å². The van der Waals surface area contributed by atoms with Crippen LogP contribution in [0.15, 0.2) is 10.5 Å². The fourth-order valence-corrected chi connectivity index (χ4v) is 4.09. The molecular weight excluding hydrogens is 292 g/mol. The van der Waals surface area contributed by atoms with Crippen molar-refractivity contribution < 1.29 is 14.3 Å². The van der Waals surface area contributed by atoms with Gasteiger partial charge in [-0.2, -0.15) is 0 Å². The van der Waals surface area contributed by atoms with Crippen LogP contribution in [0.25, 0.3) is 0 Å². The molecule has 0 spiro atoms. The lowest BCUT2D eigenvalue weighted by atomic mass is 9.89. The van der Waals surface area contributed by atoms with Crippen LogP contribution in [-0.2, 0) is 0 Å². The number of aliphatic hydroxyl groups is 1. The molecule has 1 aromatic rings. The first-order chi connectivity index (χ1) is 11.1. The van der Waals surface area contributed by atoms with Gasteiger partial charge in [-0.25, -0.2) is 0 Å². The highest BCUT2D eigenvalue weighted by Gasteiger charge is 2.32. The van der Waals surface area contributed by atoms with Crippen molar-refractivity contribution in [1.82, 2.24) is 9.80 Å². The first-order valence-corrected chi connectivity index (χ1v) is 8.76. The summed E-state index contributed by atoms with van der Waals surface area (Å²) in [6, 6.07) is 1.83. The fraction of sp³-hybridized carbons (Fsp3) is 0.722. The molecule has 5 heteroatoms. The van der Waals surface area contributed by atoms with Crippen LogP contribution in [0.1, 0.15) is 41.1 Å². The summed E-state index contributed by atoms with van der Waals surface area (Å²) in [5.74, 6) is 2.15. The minimum atomic E-state index is 0.0453. The van der Waals surface area contributed by atoms with Crippen LogP contribution in [0.5, 0.6) is 0 Å². The molecule has 2 aliphatic heterocycles. The second-order valence-electron chi connectivity index (χ2n) is 7.20. The van der Waals surface area contributed by atoms with E-state index in [2.05, 4.69) is 4.90 Å². The lowest BCUT2D eigenvalue weighted by Crippen LogP contribution is -2.47. The lowest BCUT2D eigenvalue weighted by molar-refractivity contribution is 0.0464. The van der Waals surface area contributed by atoms with Gasteiger partial charge in [0.25, 0.3) is 5.91 Å². The van der Waals surface area contributed by atoms with Crippen molar-refractivity contribution in [3.05, 3.63) is 23.2 Å². The summed E-state index contributed by atoms with van der Waals surface area (Å²) in [6.07, 6.45) is 3.58. The highest BCUT2D eigenvalue weighted by atomic mass is 16.3. The van der Waals surface area contributed by atoms with E-state index in [1.54, 1.807) is 0 Å². The summed E-state index contributed by atoms with van der Waals surface area (Å²) in [5, 5.41) is 9.63. The molecule has 0 aliphatic carbocycles. The number of piperidine rings is 1. The Morgan fingerprint density at radius 1 is 1.26 bits per heavy atom. The molecule has 0 unspecified atom stereocenters. The summed E-state index contributed by atoms with van der Waals surface area (Å²) < 4.78 is 5.51. The molecular formula is C18H28N2O3. The zero-order valence-corrected chi connectivity index (χ0v) is 14.3. The third-order valence-electron chi connectivity index (χ3n) is 5.16. The van der Waals surface area contributed by atoms with Crippen LogP contribution in [0.3, 0.4) is 0 Å². The fourth-order valence-electron chi connectivity index (χ4n) is 4.09. The Labute approximate surface area is 138 Å². The number of aryl methyl sites for hydroxylation is 2. The molecule has 5 nitrogen and oxygen atoms in total. The number of nitrogens with zero attached hydrogens (tertiary/aromatic N) is 2. The Hall–Kier alpha value is -1.33. The Balaban J connectivity index is 1.69. The second kappa shape index (κ2) is 7.05. The number of furan rings is 1. The Bertz CT molecular complexity index is 548. The van der Waals surface area contributed by atoms with Crippen molar-refractivity contribution in [1.29, 1.82) is 0 Å². The van der Waals surface area contributed by atoms with Gasteiger partial charge >= 0.3 is 0 Å². The Morgan fingerprint density at radius 2 is 1.96 bits per heavy atom. The number of hydrogen-bond acceptors (Lipinski definition) is 4.